The maximum atomic E-state index is 12.6. The fourth-order valence-corrected chi connectivity index (χ4v) is 4.34. The molecule has 0 radical (unpaired) electrons. The standard InChI is InChI=1S/C20H27N3O5S/c1-15(19(24)23(2)17-7-4-3-5-8-17)28-20(25)16-9-11-18(12-10-16)29(26,27)22-14-6-13-21/h9-12,15,17,22H,3-8,14H2,1-2H3/t15-/m1/s1. The molecule has 1 fully saturated rings. The van der Waals surface area contributed by atoms with Crippen molar-refractivity contribution < 1.29 is 22.7 Å². The molecular formula is C20H27N3O5S. The quantitative estimate of drug-likeness (QED) is 0.508. The van der Waals surface area contributed by atoms with Crippen molar-refractivity contribution in [1.82, 2.24) is 9.62 Å². The predicted molar refractivity (Wildman–Crippen MR) is 106 cm³/mol. The molecule has 1 atom stereocenters. The Kier molecular flexibility index (Phi) is 8.17. The van der Waals surface area contributed by atoms with E-state index < -0.39 is 22.1 Å². The van der Waals surface area contributed by atoms with Crippen LogP contribution in [0.3, 0.4) is 0 Å². The summed E-state index contributed by atoms with van der Waals surface area (Å²) in [4.78, 5) is 26.5. The van der Waals surface area contributed by atoms with Crippen LogP contribution in [0.15, 0.2) is 29.2 Å². The van der Waals surface area contributed by atoms with Crippen LogP contribution in [0.2, 0.25) is 0 Å². The predicted octanol–water partition coefficient (Wildman–Crippen LogP) is 2.21. The van der Waals surface area contributed by atoms with Gasteiger partial charge >= 0.3 is 5.97 Å². The lowest BCUT2D eigenvalue weighted by Crippen LogP contribution is -2.44. The second-order valence-electron chi connectivity index (χ2n) is 7.12. The molecule has 0 heterocycles. The molecule has 1 aliphatic rings. The zero-order valence-corrected chi connectivity index (χ0v) is 17.6. The number of nitriles is 1. The van der Waals surface area contributed by atoms with E-state index in [1.807, 2.05) is 6.07 Å². The Balaban J connectivity index is 1.96. The van der Waals surface area contributed by atoms with Gasteiger partial charge in [0.2, 0.25) is 10.0 Å². The normalized spacial score (nSPS) is 15.9. The van der Waals surface area contributed by atoms with Crippen LogP contribution in [0, 0.1) is 11.3 Å². The van der Waals surface area contributed by atoms with Crippen molar-refractivity contribution in [2.24, 2.45) is 0 Å². The average Bonchev–Trinajstić information content (AvgIpc) is 2.73. The Morgan fingerprint density at radius 3 is 2.45 bits per heavy atom. The van der Waals surface area contributed by atoms with E-state index in [1.165, 1.54) is 37.6 Å². The fourth-order valence-electron chi connectivity index (χ4n) is 3.31. The van der Waals surface area contributed by atoms with Gasteiger partial charge in [0.05, 0.1) is 16.5 Å². The number of likely N-dealkylation sites (N-methyl/N-ethyl adjacent to an activating group) is 1. The molecule has 1 saturated carbocycles. The number of rotatable bonds is 8. The fraction of sp³-hybridized carbons (Fsp3) is 0.550. The van der Waals surface area contributed by atoms with Gasteiger partial charge in [0.25, 0.3) is 5.91 Å². The summed E-state index contributed by atoms with van der Waals surface area (Å²) in [5.41, 5.74) is 0.154. The number of hydrogen-bond donors (Lipinski definition) is 1. The van der Waals surface area contributed by atoms with Crippen molar-refractivity contribution in [1.29, 1.82) is 5.26 Å². The van der Waals surface area contributed by atoms with Crippen LogP contribution in [-0.2, 0) is 19.6 Å². The number of amides is 1. The van der Waals surface area contributed by atoms with Crippen molar-refractivity contribution in [2.75, 3.05) is 13.6 Å². The minimum Gasteiger partial charge on any atom is -0.449 e. The van der Waals surface area contributed by atoms with Crippen LogP contribution in [0.4, 0.5) is 0 Å². The molecular weight excluding hydrogens is 394 g/mol. The molecule has 1 amide bonds. The van der Waals surface area contributed by atoms with Crippen LogP contribution in [0.5, 0.6) is 0 Å². The van der Waals surface area contributed by atoms with Gasteiger partial charge in [0.1, 0.15) is 0 Å². The molecule has 0 aliphatic heterocycles. The summed E-state index contributed by atoms with van der Waals surface area (Å²) in [6, 6.07) is 7.27. The van der Waals surface area contributed by atoms with Gasteiger partial charge in [-0.05, 0) is 44.0 Å². The monoisotopic (exact) mass is 421 g/mol. The number of hydrogen-bond acceptors (Lipinski definition) is 6. The minimum atomic E-state index is -3.75. The molecule has 1 N–H and O–H groups in total. The minimum absolute atomic E-state index is 0.0107. The number of sulfonamides is 1. The lowest BCUT2D eigenvalue weighted by atomic mass is 9.94. The van der Waals surface area contributed by atoms with E-state index in [2.05, 4.69) is 4.72 Å². The summed E-state index contributed by atoms with van der Waals surface area (Å²) in [5.74, 6) is -0.935. The first-order valence-electron chi connectivity index (χ1n) is 9.70. The van der Waals surface area contributed by atoms with Gasteiger partial charge in [-0.3, -0.25) is 4.79 Å². The van der Waals surface area contributed by atoms with Crippen molar-refractivity contribution in [2.45, 2.75) is 62.5 Å². The van der Waals surface area contributed by atoms with E-state index >= 15 is 0 Å². The van der Waals surface area contributed by atoms with Gasteiger partial charge in [-0.25, -0.2) is 17.9 Å². The van der Waals surface area contributed by atoms with Crippen LogP contribution < -0.4 is 4.72 Å². The number of carbonyl (C=O) groups excluding carboxylic acids is 2. The Labute approximate surface area is 171 Å². The summed E-state index contributed by atoms with van der Waals surface area (Å²) < 4.78 is 31.8. The van der Waals surface area contributed by atoms with E-state index in [1.54, 1.807) is 11.9 Å². The number of nitrogens with one attached hydrogen (secondary N) is 1. The molecule has 2 rings (SSSR count). The van der Waals surface area contributed by atoms with E-state index in [4.69, 9.17) is 10.00 Å². The first-order chi connectivity index (χ1) is 13.8. The highest BCUT2D eigenvalue weighted by molar-refractivity contribution is 7.89. The molecule has 29 heavy (non-hydrogen) atoms. The topological polar surface area (TPSA) is 117 Å². The lowest BCUT2D eigenvalue weighted by Gasteiger charge is -2.32. The SMILES string of the molecule is C[C@@H](OC(=O)c1ccc(S(=O)(=O)NCCC#N)cc1)C(=O)N(C)C1CCCCC1. The van der Waals surface area contributed by atoms with Crippen molar-refractivity contribution in [3.8, 4) is 6.07 Å². The molecule has 8 nitrogen and oxygen atoms in total. The molecule has 1 aromatic rings. The molecule has 0 spiro atoms. The third kappa shape index (κ3) is 6.27. The van der Waals surface area contributed by atoms with Crippen LogP contribution in [0.1, 0.15) is 55.8 Å². The van der Waals surface area contributed by atoms with E-state index in [-0.39, 0.29) is 35.4 Å². The molecule has 158 valence electrons. The summed E-state index contributed by atoms with van der Waals surface area (Å²) >= 11 is 0. The summed E-state index contributed by atoms with van der Waals surface area (Å²) in [6.45, 7) is 1.55. The highest BCUT2D eigenvalue weighted by Crippen LogP contribution is 2.22. The highest BCUT2D eigenvalue weighted by Gasteiger charge is 2.28. The van der Waals surface area contributed by atoms with E-state index in [0.717, 1.165) is 25.7 Å². The molecule has 0 saturated heterocycles. The second-order valence-corrected chi connectivity index (χ2v) is 8.89. The van der Waals surface area contributed by atoms with Gasteiger partial charge in [0.15, 0.2) is 6.10 Å². The second kappa shape index (κ2) is 10.4. The van der Waals surface area contributed by atoms with E-state index in [0.29, 0.717) is 0 Å². The zero-order valence-electron chi connectivity index (χ0n) is 16.8. The molecule has 1 aliphatic carbocycles. The van der Waals surface area contributed by atoms with Gasteiger partial charge in [-0.15, -0.1) is 0 Å². The van der Waals surface area contributed by atoms with Gasteiger partial charge in [-0.2, -0.15) is 5.26 Å². The third-order valence-electron chi connectivity index (χ3n) is 5.03. The maximum absolute atomic E-state index is 12.6. The Morgan fingerprint density at radius 2 is 1.86 bits per heavy atom. The highest BCUT2D eigenvalue weighted by atomic mass is 32.2. The summed E-state index contributed by atoms with van der Waals surface area (Å²) in [5, 5.41) is 8.49. The first kappa shape index (κ1) is 22.8. The Morgan fingerprint density at radius 1 is 1.24 bits per heavy atom. The summed E-state index contributed by atoms with van der Waals surface area (Å²) in [7, 11) is -2.01. The van der Waals surface area contributed by atoms with Crippen molar-refractivity contribution in [3.05, 3.63) is 29.8 Å². The van der Waals surface area contributed by atoms with Crippen molar-refractivity contribution in [3.63, 3.8) is 0 Å². The third-order valence-corrected chi connectivity index (χ3v) is 6.51. The molecule has 0 aromatic heterocycles. The largest absolute Gasteiger partial charge is 0.449 e. The van der Waals surface area contributed by atoms with Gasteiger partial charge in [-0.1, -0.05) is 19.3 Å². The molecule has 0 bridgehead atoms. The number of nitrogens with zero attached hydrogens (tertiary/aromatic N) is 2. The Hall–Kier alpha value is -2.44. The molecule has 1 aromatic carbocycles. The van der Waals surface area contributed by atoms with E-state index in [9.17, 15) is 18.0 Å². The van der Waals surface area contributed by atoms with Crippen molar-refractivity contribution >= 4 is 21.9 Å². The maximum Gasteiger partial charge on any atom is 0.338 e. The molecule has 0 unspecified atom stereocenters. The van der Waals surface area contributed by atoms with Crippen LogP contribution in [-0.4, -0.2) is 50.9 Å². The number of ether oxygens (including phenoxy) is 1. The number of carbonyl (C=O) groups is 2. The van der Waals surface area contributed by atoms with Gasteiger partial charge < -0.3 is 9.64 Å². The summed E-state index contributed by atoms with van der Waals surface area (Å²) in [6.07, 6.45) is 4.43. The van der Waals surface area contributed by atoms with Crippen LogP contribution in [0.25, 0.3) is 0 Å². The smallest absolute Gasteiger partial charge is 0.338 e. The average molecular weight is 422 g/mol. The zero-order chi connectivity index (χ0) is 21.4. The Bertz CT molecular complexity index is 855. The number of esters is 1. The van der Waals surface area contributed by atoms with Crippen LogP contribution >= 0.6 is 0 Å². The molecule has 9 heteroatoms. The van der Waals surface area contributed by atoms with Gasteiger partial charge in [0, 0.05) is 26.1 Å². The lowest BCUT2D eigenvalue weighted by molar-refractivity contribution is -0.141. The number of benzene rings is 1. The first-order valence-corrected chi connectivity index (χ1v) is 11.2.